The molecule has 1 atom stereocenters. The molecule has 1 aliphatic rings. The van der Waals surface area contributed by atoms with Crippen LogP contribution in [0.25, 0.3) is 0 Å². The van der Waals surface area contributed by atoms with Crippen molar-refractivity contribution < 1.29 is 13.9 Å². The summed E-state index contributed by atoms with van der Waals surface area (Å²) in [4.78, 5) is 3.93. The largest absolute Gasteiger partial charge is 0.396 e. The molecular weight excluding hydrogens is 199 g/mol. The predicted octanol–water partition coefficient (Wildman–Crippen LogP) is 1.63. The molecule has 0 aliphatic carbocycles. The lowest BCUT2D eigenvalue weighted by atomic mass is 10.2. The molecule has 0 spiro atoms. The first-order valence-electron chi connectivity index (χ1n) is 4.71. The summed E-state index contributed by atoms with van der Waals surface area (Å²) < 4.78 is 23.8. The average molecular weight is 212 g/mol. The summed E-state index contributed by atoms with van der Waals surface area (Å²) in [5.74, 6) is -1.13. The van der Waals surface area contributed by atoms with E-state index < -0.39 is 11.6 Å². The fraction of sp³-hybridized carbons (Fsp3) is 0.500. The number of nitrogen functional groups attached to an aromatic ring is 1. The SMILES string of the molecule is CC1(C)OC[C@@H](c2cc(N)c(F)cn2)O1. The van der Waals surface area contributed by atoms with Crippen molar-refractivity contribution in [3.8, 4) is 0 Å². The lowest BCUT2D eigenvalue weighted by Crippen LogP contribution is -2.19. The zero-order chi connectivity index (χ0) is 11.1. The highest BCUT2D eigenvalue weighted by Crippen LogP contribution is 2.32. The van der Waals surface area contributed by atoms with Gasteiger partial charge in [0, 0.05) is 0 Å². The molecule has 0 amide bonds. The molecule has 5 heteroatoms. The maximum absolute atomic E-state index is 12.9. The number of pyridine rings is 1. The highest BCUT2D eigenvalue weighted by atomic mass is 19.1. The van der Waals surface area contributed by atoms with E-state index in [1.165, 1.54) is 6.07 Å². The second-order valence-corrected chi connectivity index (χ2v) is 3.95. The molecular formula is C10H13FN2O2. The molecule has 1 saturated heterocycles. The van der Waals surface area contributed by atoms with E-state index in [1.807, 2.05) is 13.8 Å². The van der Waals surface area contributed by atoms with Gasteiger partial charge in [-0.2, -0.15) is 0 Å². The van der Waals surface area contributed by atoms with Crippen molar-refractivity contribution in [2.45, 2.75) is 25.7 Å². The van der Waals surface area contributed by atoms with E-state index in [1.54, 1.807) is 0 Å². The van der Waals surface area contributed by atoms with Crippen molar-refractivity contribution in [1.29, 1.82) is 0 Å². The minimum absolute atomic E-state index is 0.0771. The Hall–Kier alpha value is -1.20. The Morgan fingerprint density at radius 2 is 2.33 bits per heavy atom. The molecule has 1 aromatic rings. The number of rotatable bonds is 1. The number of halogens is 1. The van der Waals surface area contributed by atoms with E-state index in [2.05, 4.69) is 4.98 Å². The molecule has 0 unspecified atom stereocenters. The van der Waals surface area contributed by atoms with Crippen molar-refractivity contribution in [1.82, 2.24) is 4.98 Å². The number of ether oxygens (including phenoxy) is 2. The van der Waals surface area contributed by atoms with Crippen molar-refractivity contribution >= 4 is 5.69 Å². The minimum Gasteiger partial charge on any atom is -0.396 e. The van der Waals surface area contributed by atoms with Gasteiger partial charge in [-0.1, -0.05) is 0 Å². The highest BCUT2D eigenvalue weighted by molar-refractivity contribution is 5.39. The molecule has 0 radical (unpaired) electrons. The quantitative estimate of drug-likeness (QED) is 0.768. The smallest absolute Gasteiger partial charge is 0.164 e. The standard InChI is InChI=1S/C10H13FN2O2/c1-10(2)14-5-9(15-10)8-3-7(12)6(11)4-13-8/h3-4,9H,5H2,1-2H3,(H2,12,13)/t9-/m0/s1. The molecule has 1 aliphatic heterocycles. The van der Waals surface area contributed by atoms with Crippen LogP contribution in [0.1, 0.15) is 25.6 Å². The van der Waals surface area contributed by atoms with Crippen LogP contribution in [0.15, 0.2) is 12.3 Å². The first-order valence-corrected chi connectivity index (χ1v) is 4.71. The molecule has 2 N–H and O–H groups in total. The summed E-state index contributed by atoms with van der Waals surface area (Å²) in [6.07, 6.45) is 0.821. The van der Waals surface area contributed by atoms with Crippen molar-refractivity contribution in [3.05, 3.63) is 23.8 Å². The summed E-state index contributed by atoms with van der Waals surface area (Å²) >= 11 is 0. The van der Waals surface area contributed by atoms with Crippen LogP contribution in [-0.2, 0) is 9.47 Å². The first-order chi connectivity index (χ1) is 6.98. The number of hydrogen-bond donors (Lipinski definition) is 1. The third-order valence-electron chi connectivity index (χ3n) is 2.24. The number of anilines is 1. The molecule has 2 rings (SSSR count). The van der Waals surface area contributed by atoms with Gasteiger partial charge in [-0.25, -0.2) is 4.39 Å². The first kappa shape index (κ1) is 10.3. The summed E-state index contributed by atoms with van der Waals surface area (Å²) in [6.45, 7) is 4.05. The maximum atomic E-state index is 12.9. The zero-order valence-corrected chi connectivity index (χ0v) is 8.66. The van der Waals surface area contributed by atoms with E-state index in [9.17, 15) is 4.39 Å². The van der Waals surface area contributed by atoms with Crippen LogP contribution in [0.3, 0.4) is 0 Å². The summed E-state index contributed by atoms with van der Waals surface area (Å²) in [5, 5.41) is 0. The molecule has 0 aromatic carbocycles. The third kappa shape index (κ3) is 2.08. The Balaban J connectivity index is 2.21. The molecule has 1 aromatic heterocycles. The number of hydrogen-bond acceptors (Lipinski definition) is 4. The van der Waals surface area contributed by atoms with Gasteiger partial charge in [0.1, 0.15) is 6.10 Å². The Labute approximate surface area is 87.2 Å². The van der Waals surface area contributed by atoms with E-state index >= 15 is 0 Å². The van der Waals surface area contributed by atoms with Gasteiger partial charge in [0.15, 0.2) is 11.6 Å². The van der Waals surface area contributed by atoms with Crippen molar-refractivity contribution in [2.24, 2.45) is 0 Å². The molecule has 4 nitrogen and oxygen atoms in total. The Kier molecular flexibility index (Phi) is 2.36. The second kappa shape index (κ2) is 3.43. The van der Waals surface area contributed by atoms with Gasteiger partial charge in [0.05, 0.1) is 24.2 Å². The van der Waals surface area contributed by atoms with Crippen LogP contribution in [-0.4, -0.2) is 17.4 Å². The number of aromatic nitrogens is 1. The maximum Gasteiger partial charge on any atom is 0.164 e. The van der Waals surface area contributed by atoms with Gasteiger partial charge in [0.2, 0.25) is 0 Å². The van der Waals surface area contributed by atoms with Gasteiger partial charge < -0.3 is 15.2 Å². The molecule has 0 bridgehead atoms. The highest BCUT2D eigenvalue weighted by Gasteiger charge is 2.34. The van der Waals surface area contributed by atoms with Crippen LogP contribution in [0, 0.1) is 5.82 Å². The number of nitrogens with two attached hydrogens (primary N) is 1. The van der Waals surface area contributed by atoms with Gasteiger partial charge in [-0.15, -0.1) is 0 Å². The van der Waals surface area contributed by atoms with E-state index in [0.717, 1.165) is 6.20 Å². The third-order valence-corrected chi connectivity index (χ3v) is 2.24. The number of nitrogens with zero attached hydrogens (tertiary/aromatic N) is 1. The van der Waals surface area contributed by atoms with Gasteiger partial charge >= 0.3 is 0 Å². The summed E-state index contributed by atoms with van der Waals surface area (Å²) in [7, 11) is 0. The zero-order valence-electron chi connectivity index (χ0n) is 8.66. The summed E-state index contributed by atoms with van der Waals surface area (Å²) in [5.41, 5.74) is 6.12. The lowest BCUT2D eigenvalue weighted by Gasteiger charge is -2.16. The molecule has 2 heterocycles. The second-order valence-electron chi connectivity index (χ2n) is 3.95. The van der Waals surface area contributed by atoms with Gasteiger partial charge in [-0.3, -0.25) is 4.98 Å². The molecule has 82 valence electrons. The van der Waals surface area contributed by atoms with Crippen LogP contribution < -0.4 is 5.73 Å². The van der Waals surface area contributed by atoms with E-state index in [0.29, 0.717) is 12.3 Å². The van der Waals surface area contributed by atoms with Crippen molar-refractivity contribution in [2.75, 3.05) is 12.3 Å². The molecule has 0 saturated carbocycles. The Morgan fingerprint density at radius 1 is 1.60 bits per heavy atom. The monoisotopic (exact) mass is 212 g/mol. The van der Waals surface area contributed by atoms with Crippen LogP contribution in [0.4, 0.5) is 10.1 Å². The summed E-state index contributed by atoms with van der Waals surface area (Å²) in [6, 6.07) is 1.48. The Morgan fingerprint density at radius 3 is 2.87 bits per heavy atom. The predicted molar refractivity (Wildman–Crippen MR) is 52.5 cm³/mol. The van der Waals surface area contributed by atoms with Gasteiger partial charge in [-0.05, 0) is 19.9 Å². The minimum atomic E-state index is -0.616. The average Bonchev–Trinajstić information content (AvgIpc) is 2.51. The topological polar surface area (TPSA) is 57.4 Å². The normalized spacial score (nSPS) is 24.3. The fourth-order valence-electron chi connectivity index (χ4n) is 1.48. The van der Waals surface area contributed by atoms with Gasteiger partial charge in [0.25, 0.3) is 0 Å². The fourth-order valence-corrected chi connectivity index (χ4v) is 1.48. The Bertz CT molecular complexity index is 382. The molecule has 1 fully saturated rings. The van der Waals surface area contributed by atoms with Crippen LogP contribution in [0.2, 0.25) is 0 Å². The van der Waals surface area contributed by atoms with E-state index in [4.69, 9.17) is 15.2 Å². The van der Waals surface area contributed by atoms with Crippen LogP contribution in [0.5, 0.6) is 0 Å². The molecule has 15 heavy (non-hydrogen) atoms. The van der Waals surface area contributed by atoms with Crippen molar-refractivity contribution in [3.63, 3.8) is 0 Å². The lowest BCUT2D eigenvalue weighted by molar-refractivity contribution is -0.139. The van der Waals surface area contributed by atoms with E-state index in [-0.39, 0.29) is 11.8 Å². The van der Waals surface area contributed by atoms with Crippen LogP contribution >= 0.6 is 0 Å².